The van der Waals surface area contributed by atoms with Crippen LogP contribution in [0, 0.1) is 6.92 Å². The first-order chi connectivity index (χ1) is 14.3. The second kappa shape index (κ2) is 9.03. The molecular weight excluding hydrogens is 442 g/mol. The molecule has 1 amide bonds. The van der Waals surface area contributed by atoms with Gasteiger partial charge in [-0.15, -0.1) is 6.58 Å². The molecule has 1 fully saturated rings. The molecule has 0 aromatic heterocycles. The number of hydrogen-bond donors (Lipinski definition) is 0. The van der Waals surface area contributed by atoms with E-state index in [2.05, 4.69) is 6.58 Å². The Kier molecular flexibility index (Phi) is 6.64. The van der Waals surface area contributed by atoms with Crippen LogP contribution in [0.2, 0.25) is 0 Å². The maximum Gasteiger partial charge on any atom is 0.339 e. The van der Waals surface area contributed by atoms with Gasteiger partial charge < -0.3 is 8.92 Å². The molecule has 0 unspecified atom stereocenters. The van der Waals surface area contributed by atoms with Gasteiger partial charge in [-0.3, -0.25) is 9.69 Å². The maximum atomic E-state index is 12.8. The lowest BCUT2D eigenvalue weighted by molar-refractivity contribution is -0.121. The van der Waals surface area contributed by atoms with Crippen LogP contribution in [0.5, 0.6) is 11.5 Å². The molecule has 30 heavy (non-hydrogen) atoms. The Hall–Kier alpha value is -2.62. The van der Waals surface area contributed by atoms with Crippen molar-refractivity contribution in [2.45, 2.75) is 11.8 Å². The molecular formula is C21H19NO5S3. The lowest BCUT2D eigenvalue weighted by Crippen LogP contribution is -2.27. The molecule has 0 spiro atoms. The largest absolute Gasteiger partial charge is 0.493 e. The molecule has 0 atom stereocenters. The molecule has 0 bridgehead atoms. The molecule has 0 aliphatic carbocycles. The first-order valence-corrected chi connectivity index (χ1v) is 11.4. The average Bonchev–Trinajstić information content (AvgIpc) is 2.97. The van der Waals surface area contributed by atoms with E-state index in [0.29, 0.717) is 21.3 Å². The average molecular weight is 462 g/mol. The zero-order valence-corrected chi connectivity index (χ0v) is 18.8. The Balaban J connectivity index is 2.02. The first-order valence-electron chi connectivity index (χ1n) is 8.81. The summed E-state index contributed by atoms with van der Waals surface area (Å²) in [6, 6.07) is 11.2. The van der Waals surface area contributed by atoms with Crippen molar-refractivity contribution in [1.82, 2.24) is 4.90 Å². The Bertz CT molecular complexity index is 1140. The number of thioether (sulfide) groups is 1. The minimum absolute atomic E-state index is 0.00503. The molecule has 1 saturated heterocycles. The number of amides is 1. The number of hydrogen-bond acceptors (Lipinski definition) is 7. The molecule has 9 heteroatoms. The molecule has 156 valence electrons. The fraction of sp³-hybridized carbons (Fsp3) is 0.143. The van der Waals surface area contributed by atoms with E-state index in [-0.39, 0.29) is 22.3 Å². The van der Waals surface area contributed by atoms with Gasteiger partial charge >= 0.3 is 10.1 Å². The van der Waals surface area contributed by atoms with E-state index < -0.39 is 10.1 Å². The highest BCUT2D eigenvalue weighted by molar-refractivity contribution is 8.26. The van der Waals surface area contributed by atoms with Crippen molar-refractivity contribution in [3.8, 4) is 11.5 Å². The number of nitrogens with zero attached hydrogens (tertiary/aromatic N) is 1. The van der Waals surface area contributed by atoms with Gasteiger partial charge in [0.2, 0.25) is 0 Å². The quantitative estimate of drug-likeness (QED) is 0.265. The second-order valence-corrected chi connectivity index (χ2v) is 9.53. The van der Waals surface area contributed by atoms with Crippen molar-refractivity contribution in [3.05, 3.63) is 71.2 Å². The number of para-hydroxylation sites is 1. The number of rotatable bonds is 7. The van der Waals surface area contributed by atoms with Crippen molar-refractivity contribution in [2.24, 2.45) is 0 Å². The van der Waals surface area contributed by atoms with Crippen LogP contribution in [-0.4, -0.2) is 37.2 Å². The predicted octanol–water partition coefficient (Wildman–Crippen LogP) is 4.16. The van der Waals surface area contributed by atoms with Gasteiger partial charge in [0, 0.05) is 12.1 Å². The van der Waals surface area contributed by atoms with E-state index in [0.717, 1.165) is 17.3 Å². The monoisotopic (exact) mass is 461 g/mol. The van der Waals surface area contributed by atoms with Gasteiger partial charge in [0.1, 0.15) is 9.22 Å². The van der Waals surface area contributed by atoms with E-state index in [1.165, 1.54) is 24.1 Å². The van der Waals surface area contributed by atoms with E-state index >= 15 is 0 Å². The minimum atomic E-state index is -4.11. The zero-order valence-electron chi connectivity index (χ0n) is 16.3. The lowest BCUT2D eigenvalue weighted by Gasteiger charge is -2.14. The highest BCUT2D eigenvalue weighted by Gasteiger charge is 2.31. The van der Waals surface area contributed by atoms with Crippen LogP contribution in [0.4, 0.5) is 0 Å². The van der Waals surface area contributed by atoms with Crippen molar-refractivity contribution in [2.75, 3.05) is 13.7 Å². The highest BCUT2D eigenvalue weighted by atomic mass is 32.2. The zero-order chi connectivity index (χ0) is 21.9. The van der Waals surface area contributed by atoms with Gasteiger partial charge in [0.15, 0.2) is 11.5 Å². The van der Waals surface area contributed by atoms with Gasteiger partial charge in [-0.05, 0) is 31.2 Å². The topological polar surface area (TPSA) is 72.9 Å². The molecule has 0 N–H and O–H groups in total. The number of aryl methyl sites for hydroxylation is 1. The number of thiocarbonyl (C=S) groups is 1. The highest BCUT2D eigenvalue weighted by Crippen LogP contribution is 2.38. The van der Waals surface area contributed by atoms with Crippen molar-refractivity contribution in [1.29, 1.82) is 0 Å². The minimum Gasteiger partial charge on any atom is -0.493 e. The Morgan fingerprint density at radius 1 is 1.20 bits per heavy atom. The molecule has 3 rings (SSSR count). The summed E-state index contributed by atoms with van der Waals surface area (Å²) in [4.78, 5) is 14.4. The van der Waals surface area contributed by atoms with Crippen LogP contribution in [0.15, 0.2) is 64.9 Å². The summed E-state index contributed by atoms with van der Waals surface area (Å²) in [5.74, 6) is -0.0596. The van der Waals surface area contributed by atoms with Gasteiger partial charge in [-0.1, -0.05) is 59.9 Å². The van der Waals surface area contributed by atoms with Crippen LogP contribution >= 0.6 is 24.0 Å². The molecule has 1 aliphatic heterocycles. The lowest BCUT2D eigenvalue weighted by atomic mass is 10.1. The number of carbonyl (C=O) groups excluding carboxylic acids is 1. The number of benzene rings is 2. The Labute approximate surface area is 185 Å². The van der Waals surface area contributed by atoms with E-state index in [9.17, 15) is 13.2 Å². The van der Waals surface area contributed by atoms with Crippen molar-refractivity contribution >= 4 is 50.4 Å². The van der Waals surface area contributed by atoms with Crippen molar-refractivity contribution in [3.63, 3.8) is 0 Å². The van der Waals surface area contributed by atoms with E-state index in [1.807, 2.05) is 6.92 Å². The summed E-state index contributed by atoms with van der Waals surface area (Å²) >= 11 is 6.38. The fourth-order valence-electron chi connectivity index (χ4n) is 2.69. The first kappa shape index (κ1) is 22.1. The number of methoxy groups -OCH3 is 1. The van der Waals surface area contributed by atoms with E-state index in [4.69, 9.17) is 21.1 Å². The maximum absolute atomic E-state index is 12.8. The summed E-state index contributed by atoms with van der Waals surface area (Å²) in [6.07, 6.45) is 3.13. The summed E-state index contributed by atoms with van der Waals surface area (Å²) in [5, 5.41) is 0. The van der Waals surface area contributed by atoms with E-state index in [1.54, 1.807) is 42.5 Å². The third-order valence-corrected chi connectivity index (χ3v) is 6.82. The van der Waals surface area contributed by atoms with Crippen LogP contribution < -0.4 is 8.92 Å². The van der Waals surface area contributed by atoms with Gasteiger partial charge in [-0.25, -0.2) is 0 Å². The summed E-state index contributed by atoms with van der Waals surface area (Å²) < 4.78 is 36.8. The molecule has 2 aromatic rings. The summed E-state index contributed by atoms with van der Waals surface area (Å²) in [7, 11) is -2.70. The molecule has 1 heterocycles. The van der Waals surface area contributed by atoms with Gasteiger partial charge in [0.25, 0.3) is 5.91 Å². The molecule has 0 radical (unpaired) electrons. The SMILES string of the molecule is C=CCN1C(=O)/C(=C/c2cccc(OC)c2OS(=O)(=O)c2ccc(C)cc2)SC1=S. The molecule has 0 saturated carbocycles. The third-order valence-electron chi connectivity index (χ3n) is 4.20. The fourth-order valence-corrected chi connectivity index (χ4v) is 4.92. The van der Waals surface area contributed by atoms with Crippen LogP contribution in [0.1, 0.15) is 11.1 Å². The Morgan fingerprint density at radius 2 is 1.90 bits per heavy atom. The van der Waals surface area contributed by atoms with Gasteiger partial charge in [0.05, 0.1) is 12.0 Å². The summed E-state index contributed by atoms with van der Waals surface area (Å²) in [5.41, 5.74) is 1.30. The molecule has 6 nitrogen and oxygen atoms in total. The van der Waals surface area contributed by atoms with Crippen LogP contribution in [-0.2, 0) is 14.9 Å². The number of carbonyl (C=O) groups is 1. The predicted molar refractivity (Wildman–Crippen MR) is 122 cm³/mol. The normalized spacial score (nSPS) is 15.5. The molecule has 1 aliphatic rings. The second-order valence-electron chi connectivity index (χ2n) is 6.31. The van der Waals surface area contributed by atoms with Crippen molar-refractivity contribution < 1.29 is 22.1 Å². The van der Waals surface area contributed by atoms with Crippen LogP contribution in [0.25, 0.3) is 6.08 Å². The third kappa shape index (κ3) is 4.58. The van der Waals surface area contributed by atoms with Crippen LogP contribution in [0.3, 0.4) is 0 Å². The Morgan fingerprint density at radius 3 is 2.53 bits per heavy atom. The molecule has 2 aromatic carbocycles. The standard InChI is InChI=1S/C21H19NO5S3/c1-4-12-22-20(23)18(29-21(22)28)13-15-6-5-7-17(26-3)19(15)27-30(24,25)16-10-8-14(2)9-11-16/h4-11,13H,1,12H2,2-3H3/b18-13-. The smallest absolute Gasteiger partial charge is 0.339 e. The number of ether oxygens (including phenoxy) is 1. The van der Waals surface area contributed by atoms with Gasteiger partial charge in [-0.2, -0.15) is 8.42 Å². The summed E-state index contributed by atoms with van der Waals surface area (Å²) in [6.45, 7) is 5.78.